The van der Waals surface area contributed by atoms with Crippen molar-refractivity contribution < 1.29 is 9.47 Å². The van der Waals surface area contributed by atoms with Gasteiger partial charge in [-0.2, -0.15) is 11.8 Å². The predicted octanol–water partition coefficient (Wildman–Crippen LogP) is 2.75. The number of hydrogen-bond acceptors (Lipinski definition) is 4. The van der Waals surface area contributed by atoms with E-state index >= 15 is 0 Å². The van der Waals surface area contributed by atoms with Crippen LogP contribution in [0.3, 0.4) is 0 Å². The lowest BCUT2D eigenvalue weighted by Gasteiger charge is -2.28. The second kappa shape index (κ2) is 9.46. The lowest BCUT2D eigenvalue weighted by atomic mass is 10.2. The topological polar surface area (TPSA) is 54.9 Å². The highest BCUT2D eigenvalue weighted by molar-refractivity contribution is 14.0. The SMILES string of the molecule is CN=C(NCC1COc2ccccc2O1)NCC(C)(C)SC.I. The minimum atomic E-state index is -0.0259. The van der Waals surface area contributed by atoms with Crippen molar-refractivity contribution in [3.05, 3.63) is 24.3 Å². The first-order valence-corrected chi connectivity index (χ1v) is 8.65. The molecule has 0 aromatic heterocycles. The van der Waals surface area contributed by atoms with Crippen molar-refractivity contribution >= 4 is 41.7 Å². The monoisotopic (exact) mass is 451 g/mol. The Balaban J connectivity index is 0.00000264. The van der Waals surface area contributed by atoms with Crippen LogP contribution < -0.4 is 20.1 Å². The summed E-state index contributed by atoms with van der Waals surface area (Å²) >= 11 is 1.83. The van der Waals surface area contributed by atoms with Gasteiger partial charge in [0, 0.05) is 18.3 Å². The number of hydrogen-bond donors (Lipinski definition) is 2. The molecule has 7 heteroatoms. The van der Waals surface area contributed by atoms with Gasteiger partial charge in [0.2, 0.25) is 0 Å². The largest absolute Gasteiger partial charge is 0.486 e. The van der Waals surface area contributed by atoms with E-state index in [0.717, 1.165) is 24.0 Å². The molecule has 0 bridgehead atoms. The maximum Gasteiger partial charge on any atom is 0.191 e. The van der Waals surface area contributed by atoms with Crippen molar-refractivity contribution in [2.24, 2.45) is 4.99 Å². The number of ether oxygens (including phenoxy) is 2. The van der Waals surface area contributed by atoms with Crippen LogP contribution in [0.15, 0.2) is 29.3 Å². The summed E-state index contributed by atoms with van der Waals surface area (Å²) in [6, 6.07) is 7.74. The van der Waals surface area contributed by atoms with Gasteiger partial charge in [0.1, 0.15) is 12.7 Å². The molecule has 0 fully saturated rings. The van der Waals surface area contributed by atoms with Gasteiger partial charge in [-0.05, 0) is 32.2 Å². The zero-order valence-electron chi connectivity index (χ0n) is 14.1. The van der Waals surface area contributed by atoms with Crippen molar-refractivity contribution in [1.29, 1.82) is 0 Å². The number of thioether (sulfide) groups is 1. The Kier molecular flexibility index (Phi) is 8.32. The van der Waals surface area contributed by atoms with Gasteiger partial charge >= 0.3 is 0 Å². The lowest BCUT2D eigenvalue weighted by molar-refractivity contribution is 0.0936. The summed E-state index contributed by atoms with van der Waals surface area (Å²) in [7, 11) is 1.77. The Hall–Kier alpha value is -0.830. The highest BCUT2D eigenvalue weighted by Gasteiger charge is 2.21. The van der Waals surface area contributed by atoms with Crippen molar-refractivity contribution in [3.8, 4) is 11.5 Å². The minimum absolute atomic E-state index is 0. The Bertz CT molecular complexity index is 526. The quantitative estimate of drug-likeness (QED) is 0.410. The number of para-hydroxylation sites is 2. The molecule has 0 spiro atoms. The van der Waals surface area contributed by atoms with Crippen LogP contribution in [0.5, 0.6) is 11.5 Å². The van der Waals surface area contributed by atoms with E-state index in [1.165, 1.54) is 0 Å². The smallest absolute Gasteiger partial charge is 0.191 e. The van der Waals surface area contributed by atoms with Gasteiger partial charge in [0.15, 0.2) is 17.5 Å². The molecule has 5 nitrogen and oxygen atoms in total. The second-order valence-corrected chi connectivity index (χ2v) is 7.28. The molecule has 1 heterocycles. The first-order chi connectivity index (χ1) is 10.5. The number of fused-ring (bicyclic) bond motifs is 1. The van der Waals surface area contributed by atoms with E-state index in [2.05, 4.69) is 35.7 Å². The number of rotatable bonds is 5. The predicted molar refractivity (Wildman–Crippen MR) is 109 cm³/mol. The zero-order chi connectivity index (χ0) is 16.0. The lowest BCUT2D eigenvalue weighted by Crippen LogP contribution is -2.47. The molecule has 2 rings (SSSR count). The number of aliphatic imine (C=N–C) groups is 1. The fourth-order valence-electron chi connectivity index (χ4n) is 1.96. The van der Waals surface area contributed by atoms with Gasteiger partial charge in [-0.1, -0.05) is 12.1 Å². The molecule has 1 aromatic carbocycles. The summed E-state index contributed by atoms with van der Waals surface area (Å²) in [5.41, 5.74) is 0. The molecule has 130 valence electrons. The maximum absolute atomic E-state index is 5.92. The van der Waals surface area contributed by atoms with Gasteiger partial charge in [0.05, 0.1) is 6.54 Å². The third-order valence-electron chi connectivity index (χ3n) is 3.52. The summed E-state index contributed by atoms with van der Waals surface area (Å²) in [5.74, 6) is 2.39. The van der Waals surface area contributed by atoms with Crippen LogP contribution in [0.2, 0.25) is 0 Å². The van der Waals surface area contributed by atoms with Crippen LogP contribution in [0.25, 0.3) is 0 Å². The van der Waals surface area contributed by atoms with Crippen molar-refractivity contribution in [1.82, 2.24) is 10.6 Å². The zero-order valence-corrected chi connectivity index (χ0v) is 17.2. The van der Waals surface area contributed by atoms with Gasteiger partial charge in [-0.25, -0.2) is 0 Å². The second-order valence-electron chi connectivity index (χ2n) is 5.77. The summed E-state index contributed by atoms with van der Waals surface area (Å²) in [5, 5.41) is 6.63. The number of nitrogens with one attached hydrogen (secondary N) is 2. The molecule has 1 aliphatic rings. The molecular formula is C16H26IN3O2S. The van der Waals surface area contributed by atoms with Crippen LogP contribution in [0, 0.1) is 0 Å². The average Bonchev–Trinajstić information content (AvgIpc) is 2.55. The molecule has 1 aliphatic heterocycles. The maximum atomic E-state index is 5.92. The van der Waals surface area contributed by atoms with E-state index in [0.29, 0.717) is 13.2 Å². The highest BCUT2D eigenvalue weighted by atomic mass is 127. The van der Waals surface area contributed by atoms with E-state index in [4.69, 9.17) is 9.47 Å². The van der Waals surface area contributed by atoms with E-state index in [9.17, 15) is 0 Å². The molecule has 23 heavy (non-hydrogen) atoms. The Morgan fingerprint density at radius 1 is 1.30 bits per heavy atom. The van der Waals surface area contributed by atoms with Crippen molar-refractivity contribution in [2.45, 2.75) is 24.7 Å². The fraction of sp³-hybridized carbons (Fsp3) is 0.562. The van der Waals surface area contributed by atoms with Crippen LogP contribution in [0.4, 0.5) is 0 Å². The van der Waals surface area contributed by atoms with E-state index < -0.39 is 0 Å². The van der Waals surface area contributed by atoms with E-state index in [1.54, 1.807) is 7.05 Å². The molecule has 0 saturated carbocycles. The molecule has 0 saturated heterocycles. The van der Waals surface area contributed by atoms with E-state index in [1.807, 2.05) is 36.0 Å². The fourth-order valence-corrected chi connectivity index (χ4v) is 2.18. The number of halogens is 1. The van der Waals surface area contributed by atoms with Gasteiger partial charge in [-0.15, -0.1) is 24.0 Å². The number of nitrogens with zero attached hydrogens (tertiary/aromatic N) is 1. The Labute approximate surface area is 160 Å². The summed E-state index contributed by atoms with van der Waals surface area (Å²) in [6.45, 7) is 6.43. The molecule has 0 aliphatic carbocycles. The van der Waals surface area contributed by atoms with Crippen molar-refractivity contribution in [3.63, 3.8) is 0 Å². The van der Waals surface area contributed by atoms with E-state index in [-0.39, 0.29) is 34.8 Å². The molecule has 0 radical (unpaired) electrons. The third kappa shape index (κ3) is 6.29. The van der Waals surface area contributed by atoms with Crippen LogP contribution in [-0.2, 0) is 0 Å². The summed E-state index contributed by atoms with van der Waals surface area (Å²) < 4.78 is 11.8. The first-order valence-electron chi connectivity index (χ1n) is 7.42. The first kappa shape index (κ1) is 20.2. The molecular weight excluding hydrogens is 425 g/mol. The van der Waals surface area contributed by atoms with Crippen molar-refractivity contribution in [2.75, 3.05) is 33.0 Å². The van der Waals surface area contributed by atoms with Gasteiger partial charge < -0.3 is 20.1 Å². The van der Waals surface area contributed by atoms with Crippen LogP contribution >= 0.6 is 35.7 Å². The summed E-state index contributed by atoms with van der Waals surface area (Å²) in [4.78, 5) is 4.24. The molecule has 1 unspecified atom stereocenters. The molecule has 1 aromatic rings. The highest BCUT2D eigenvalue weighted by Crippen LogP contribution is 2.30. The normalized spacial score (nSPS) is 17.2. The molecule has 2 N–H and O–H groups in total. The molecule has 0 amide bonds. The minimum Gasteiger partial charge on any atom is -0.486 e. The summed E-state index contributed by atoms with van der Waals surface area (Å²) in [6.07, 6.45) is 2.09. The third-order valence-corrected chi connectivity index (χ3v) is 4.77. The van der Waals surface area contributed by atoms with Crippen LogP contribution in [-0.4, -0.2) is 49.8 Å². The van der Waals surface area contributed by atoms with Gasteiger partial charge in [-0.3, -0.25) is 4.99 Å². The van der Waals surface area contributed by atoms with Crippen LogP contribution in [0.1, 0.15) is 13.8 Å². The number of benzene rings is 1. The average molecular weight is 451 g/mol. The standard InChI is InChI=1S/C16H25N3O2S.HI/c1-16(2,22-4)11-19-15(17-3)18-9-12-10-20-13-7-5-6-8-14(13)21-12;/h5-8,12H,9-11H2,1-4H3,(H2,17,18,19);1H. The van der Waals surface area contributed by atoms with Gasteiger partial charge in [0.25, 0.3) is 0 Å². The Morgan fingerprint density at radius 2 is 2.00 bits per heavy atom. The number of guanidine groups is 1. The molecule has 1 atom stereocenters. The Morgan fingerprint density at radius 3 is 2.65 bits per heavy atom.